The van der Waals surface area contributed by atoms with Crippen molar-refractivity contribution in [3.05, 3.63) is 60.2 Å². The molecule has 3 heterocycles. The summed E-state index contributed by atoms with van der Waals surface area (Å²) in [6.45, 7) is 1.12. The van der Waals surface area contributed by atoms with E-state index < -0.39 is 9.84 Å². The Hall–Kier alpha value is -2.64. The molecule has 1 aromatic heterocycles. The number of benzene rings is 2. The van der Waals surface area contributed by atoms with Crippen molar-refractivity contribution < 1.29 is 17.9 Å². The van der Waals surface area contributed by atoms with E-state index in [-0.39, 0.29) is 29.6 Å². The van der Waals surface area contributed by atoms with Gasteiger partial charge in [-0.3, -0.25) is 4.79 Å². The predicted molar refractivity (Wildman–Crippen MR) is 125 cm³/mol. The summed E-state index contributed by atoms with van der Waals surface area (Å²) in [5.74, 6) is 0.0450. The van der Waals surface area contributed by atoms with Crippen molar-refractivity contribution in [2.45, 2.75) is 31.4 Å². The van der Waals surface area contributed by atoms with E-state index in [0.29, 0.717) is 25.1 Å². The number of carbonyl (C=O) groups is 1. The number of hydrogen-bond acceptors (Lipinski definition) is 4. The third-order valence-corrected chi connectivity index (χ3v) is 8.45. The molecule has 0 saturated carbocycles. The highest BCUT2D eigenvalue weighted by molar-refractivity contribution is 7.91. The minimum atomic E-state index is -3.13. The molecule has 0 bridgehead atoms. The van der Waals surface area contributed by atoms with Gasteiger partial charge in [0.2, 0.25) is 0 Å². The van der Waals surface area contributed by atoms with Gasteiger partial charge in [0.05, 0.1) is 28.9 Å². The largest absolute Gasteiger partial charge is 0.376 e. The molecule has 6 nitrogen and oxygen atoms in total. The van der Waals surface area contributed by atoms with Crippen molar-refractivity contribution >= 4 is 26.6 Å². The molecule has 32 heavy (non-hydrogen) atoms. The molecule has 3 aromatic rings. The van der Waals surface area contributed by atoms with E-state index in [0.717, 1.165) is 35.0 Å². The van der Waals surface area contributed by atoms with Crippen LogP contribution in [0.5, 0.6) is 0 Å². The standard InChI is InChI=1S/C25H28N2O4S/c1-26-22-12-6-5-11-21(22)23(24(26)18-8-3-2-4-9-18)25(28)27(16-20-10-7-14-31-20)19-13-15-32(29,30)17-19/h2-6,8-9,11-12,19-20H,7,10,13-17H2,1H3/t19-,20-/m0/s1. The first kappa shape index (κ1) is 21.2. The fourth-order valence-corrected chi connectivity index (χ4v) is 6.84. The van der Waals surface area contributed by atoms with Crippen molar-refractivity contribution in [3.8, 4) is 11.3 Å². The van der Waals surface area contributed by atoms with Gasteiger partial charge >= 0.3 is 0 Å². The Morgan fingerprint density at radius 3 is 2.53 bits per heavy atom. The SMILES string of the molecule is Cn1c(-c2ccccc2)c(C(=O)N(C[C@@H]2CCCO2)[C@H]2CCS(=O)(=O)C2)c2ccccc21. The van der Waals surface area contributed by atoms with Gasteiger partial charge in [0.25, 0.3) is 5.91 Å². The monoisotopic (exact) mass is 452 g/mol. The minimum absolute atomic E-state index is 0.0247. The first-order valence-corrected chi connectivity index (χ1v) is 13.0. The number of para-hydroxylation sites is 1. The van der Waals surface area contributed by atoms with Gasteiger partial charge < -0.3 is 14.2 Å². The Morgan fingerprint density at radius 1 is 1.09 bits per heavy atom. The molecule has 7 heteroatoms. The molecule has 0 N–H and O–H groups in total. The molecule has 2 atom stereocenters. The van der Waals surface area contributed by atoms with Gasteiger partial charge in [-0.15, -0.1) is 0 Å². The first-order valence-electron chi connectivity index (χ1n) is 11.2. The highest BCUT2D eigenvalue weighted by Crippen LogP contribution is 2.35. The number of carbonyl (C=O) groups excluding carboxylic acids is 1. The van der Waals surface area contributed by atoms with Gasteiger partial charge in [0, 0.05) is 37.1 Å². The van der Waals surface area contributed by atoms with Gasteiger partial charge in [-0.2, -0.15) is 0 Å². The van der Waals surface area contributed by atoms with Crippen molar-refractivity contribution in [1.29, 1.82) is 0 Å². The van der Waals surface area contributed by atoms with E-state index in [1.54, 1.807) is 4.90 Å². The summed E-state index contributed by atoms with van der Waals surface area (Å²) in [5, 5.41) is 0.886. The zero-order valence-corrected chi connectivity index (χ0v) is 19.1. The predicted octanol–water partition coefficient (Wildman–Crippen LogP) is 3.65. The molecule has 0 spiro atoms. The number of sulfone groups is 1. The van der Waals surface area contributed by atoms with Gasteiger partial charge in [-0.25, -0.2) is 8.42 Å². The summed E-state index contributed by atoms with van der Waals surface area (Å²) in [6.07, 6.45) is 2.30. The molecular formula is C25H28N2O4S. The van der Waals surface area contributed by atoms with Crippen LogP contribution in [0.25, 0.3) is 22.2 Å². The van der Waals surface area contributed by atoms with Crippen LogP contribution in [0.1, 0.15) is 29.6 Å². The quantitative estimate of drug-likeness (QED) is 0.593. The molecule has 0 aliphatic carbocycles. The van der Waals surface area contributed by atoms with E-state index in [9.17, 15) is 13.2 Å². The molecule has 2 aliphatic rings. The third-order valence-electron chi connectivity index (χ3n) is 6.70. The number of ether oxygens (including phenoxy) is 1. The van der Waals surface area contributed by atoms with E-state index in [1.807, 2.05) is 61.6 Å². The van der Waals surface area contributed by atoms with Crippen LogP contribution in [0.4, 0.5) is 0 Å². The van der Waals surface area contributed by atoms with Crippen molar-refractivity contribution in [1.82, 2.24) is 9.47 Å². The van der Waals surface area contributed by atoms with Gasteiger partial charge in [0.1, 0.15) is 0 Å². The number of fused-ring (bicyclic) bond motifs is 1. The lowest BCUT2D eigenvalue weighted by Gasteiger charge is -2.31. The van der Waals surface area contributed by atoms with Crippen LogP contribution in [-0.4, -0.2) is 60.6 Å². The lowest BCUT2D eigenvalue weighted by atomic mass is 10.0. The highest BCUT2D eigenvalue weighted by atomic mass is 32.2. The van der Waals surface area contributed by atoms with Crippen molar-refractivity contribution in [2.24, 2.45) is 7.05 Å². The van der Waals surface area contributed by atoms with Gasteiger partial charge in [-0.1, -0.05) is 48.5 Å². The average Bonchev–Trinajstić information content (AvgIpc) is 3.50. The van der Waals surface area contributed by atoms with Crippen LogP contribution in [-0.2, 0) is 21.6 Å². The molecule has 0 unspecified atom stereocenters. The number of amides is 1. The maximum atomic E-state index is 14.2. The molecule has 2 aromatic carbocycles. The summed E-state index contributed by atoms with van der Waals surface area (Å²) in [5.41, 5.74) is 3.43. The second-order valence-corrected chi connectivity index (χ2v) is 11.0. The molecule has 168 valence electrons. The molecule has 2 saturated heterocycles. The fourth-order valence-electron chi connectivity index (χ4n) is 5.11. The summed E-state index contributed by atoms with van der Waals surface area (Å²) in [4.78, 5) is 16.0. The number of hydrogen-bond donors (Lipinski definition) is 0. The fraction of sp³-hybridized carbons (Fsp3) is 0.400. The van der Waals surface area contributed by atoms with Crippen LogP contribution in [0.15, 0.2) is 54.6 Å². The summed E-state index contributed by atoms with van der Waals surface area (Å²) >= 11 is 0. The van der Waals surface area contributed by atoms with Gasteiger partial charge in [-0.05, 0) is 30.9 Å². The van der Waals surface area contributed by atoms with Crippen LogP contribution in [0.2, 0.25) is 0 Å². The zero-order valence-electron chi connectivity index (χ0n) is 18.2. The smallest absolute Gasteiger partial charge is 0.257 e. The lowest BCUT2D eigenvalue weighted by Crippen LogP contribution is -2.45. The van der Waals surface area contributed by atoms with E-state index in [4.69, 9.17) is 4.74 Å². The maximum Gasteiger partial charge on any atom is 0.257 e. The van der Waals surface area contributed by atoms with E-state index in [1.165, 1.54) is 0 Å². The summed E-state index contributed by atoms with van der Waals surface area (Å²) in [7, 11) is -1.15. The summed E-state index contributed by atoms with van der Waals surface area (Å²) in [6, 6.07) is 17.5. The topological polar surface area (TPSA) is 68.6 Å². The Kier molecular flexibility index (Phi) is 5.55. The van der Waals surface area contributed by atoms with Crippen molar-refractivity contribution in [3.63, 3.8) is 0 Å². The number of nitrogens with zero attached hydrogens (tertiary/aromatic N) is 2. The van der Waals surface area contributed by atoms with Crippen LogP contribution in [0.3, 0.4) is 0 Å². The lowest BCUT2D eigenvalue weighted by molar-refractivity contribution is 0.0443. The van der Waals surface area contributed by atoms with E-state index >= 15 is 0 Å². The number of aromatic nitrogens is 1. The van der Waals surface area contributed by atoms with Crippen molar-refractivity contribution in [2.75, 3.05) is 24.7 Å². The average molecular weight is 453 g/mol. The molecule has 5 rings (SSSR count). The minimum Gasteiger partial charge on any atom is -0.376 e. The Balaban J connectivity index is 1.64. The highest BCUT2D eigenvalue weighted by Gasteiger charge is 2.38. The zero-order chi connectivity index (χ0) is 22.3. The molecule has 2 aliphatic heterocycles. The second-order valence-electron chi connectivity index (χ2n) is 8.82. The van der Waals surface area contributed by atoms with Crippen LogP contribution >= 0.6 is 0 Å². The first-order chi connectivity index (χ1) is 15.4. The number of aryl methyl sites for hydroxylation is 1. The number of rotatable bonds is 5. The third kappa shape index (κ3) is 3.84. The summed E-state index contributed by atoms with van der Waals surface area (Å²) < 4.78 is 32.4. The molecule has 1 amide bonds. The molecule has 0 radical (unpaired) electrons. The van der Waals surface area contributed by atoms with Gasteiger partial charge in [0.15, 0.2) is 9.84 Å². The van der Waals surface area contributed by atoms with Crippen LogP contribution < -0.4 is 0 Å². The Labute approximate surface area is 188 Å². The van der Waals surface area contributed by atoms with E-state index in [2.05, 4.69) is 4.57 Å². The normalized spacial score (nSPS) is 22.4. The molecule has 2 fully saturated rings. The second kappa shape index (κ2) is 8.37. The Bertz CT molecular complexity index is 1240. The van der Waals surface area contributed by atoms with Crippen LogP contribution in [0, 0.1) is 0 Å². The maximum absolute atomic E-state index is 14.2. The molecular weight excluding hydrogens is 424 g/mol. The Morgan fingerprint density at radius 2 is 1.84 bits per heavy atom.